The molecule has 0 radical (unpaired) electrons. The molecular weight excluding hydrogens is 364 g/mol. The summed E-state index contributed by atoms with van der Waals surface area (Å²) in [6.07, 6.45) is 1.32. The molecule has 0 saturated heterocycles. The summed E-state index contributed by atoms with van der Waals surface area (Å²) in [5, 5.41) is 0. The van der Waals surface area contributed by atoms with Gasteiger partial charge in [-0.15, -0.1) is 12.4 Å². The van der Waals surface area contributed by atoms with Gasteiger partial charge in [-0.05, 0) is 37.5 Å². The van der Waals surface area contributed by atoms with Crippen molar-refractivity contribution in [1.82, 2.24) is 4.72 Å². The first-order valence-corrected chi connectivity index (χ1v) is 8.58. The number of aryl methyl sites for hydroxylation is 1. The Labute approximate surface area is 136 Å². The molecule has 0 saturated carbocycles. The first-order chi connectivity index (χ1) is 8.80. The Morgan fingerprint density at radius 1 is 1.30 bits per heavy atom. The number of hydrogen-bond donors (Lipinski definition) is 2. The molecule has 0 heterocycles. The van der Waals surface area contributed by atoms with Crippen molar-refractivity contribution in [2.75, 3.05) is 6.54 Å². The fourth-order valence-electron chi connectivity index (χ4n) is 1.81. The van der Waals surface area contributed by atoms with Gasteiger partial charge in [0, 0.05) is 16.6 Å². The topological polar surface area (TPSA) is 72.2 Å². The molecule has 0 aromatic heterocycles. The van der Waals surface area contributed by atoms with E-state index in [0.717, 1.165) is 10.0 Å². The van der Waals surface area contributed by atoms with E-state index in [9.17, 15) is 8.42 Å². The fraction of sp³-hybridized carbons (Fsp3) is 0.538. The average Bonchev–Trinajstić information content (AvgIpc) is 2.39. The van der Waals surface area contributed by atoms with Gasteiger partial charge in [0.05, 0.1) is 4.90 Å². The van der Waals surface area contributed by atoms with E-state index < -0.39 is 15.6 Å². The predicted octanol–water partition coefficient (Wildman–Crippen LogP) is 2.98. The maximum atomic E-state index is 12.4. The van der Waals surface area contributed by atoms with Crippen molar-refractivity contribution >= 4 is 38.4 Å². The van der Waals surface area contributed by atoms with Gasteiger partial charge in [0.15, 0.2) is 0 Å². The highest BCUT2D eigenvalue weighted by Gasteiger charge is 2.30. The number of sulfonamides is 1. The van der Waals surface area contributed by atoms with Crippen LogP contribution in [0.3, 0.4) is 0 Å². The minimum absolute atomic E-state index is 0. The number of nitrogens with one attached hydrogen (secondary N) is 1. The lowest BCUT2D eigenvalue weighted by Gasteiger charge is -2.31. The van der Waals surface area contributed by atoms with Crippen molar-refractivity contribution in [3.63, 3.8) is 0 Å². The third-order valence-electron chi connectivity index (χ3n) is 3.55. The molecule has 0 bridgehead atoms. The van der Waals surface area contributed by atoms with Crippen LogP contribution in [0.5, 0.6) is 0 Å². The number of nitrogens with two attached hydrogens (primary N) is 1. The van der Waals surface area contributed by atoms with Crippen LogP contribution in [0, 0.1) is 6.92 Å². The maximum Gasteiger partial charge on any atom is 0.241 e. The summed E-state index contributed by atoms with van der Waals surface area (Å²) in [7, 11) is -3.55. The quantitative estimate of drug-likeness (QED) is 0.790. The van der Waals surface area contributed by atoms with E-state index in [4.69, 9.17) is 5.73 Å². The monoisotopic (exact) mass is 384 g/mol. The third-order valence-corrected chi connectivity index (χ3v) is 5.98. The molecular formula is C13H22BrClN2O2S. The van der Waals surface area contributed by atoms with Gasteiger partial charge >= 0.3 is 0 Å². The molecule has 0 aliphatic heterocycles. The van der Waals surface area contributed by atoms with Crippen LogP contribution in [0.25, 0.3) is 0 Å². The van der Waals surface area contributed by atoms with Crippen LogP contribution in [0.2, 0.25) is 0 Å². The first kappa shape index (κ1) is 19.9. The van der Waals surface area contributed by atoms with Crippen molar-refractivity contribution in [1.29, 1.82) is 0 Å². The Morgan fingerprint density at radius 3 is 2.25 bits per heavy atom. The number of hydrogen-bond acceptors (Lipinski definition) is 3. The molecule has 0 fully saturated rings. The van der Waals surface area contributed by atoms with Crippen LogP contribution in [-0.4, -0.2) is 20.5 Å². The normalized spacial score (nSPS) is 12.1. The predicted molar refractivity (Wildman–Crippen MR) is 88.8 cm³/mol. The second-order valence-electron chi connectivity index (χ2n) is 4.71. The molecule has 0 spiro atoms. The molecule has 0 aliphatic carbocycles. The van der Waals surface area contributed by atoms with E-state index in [1.54, 1.807) is 18.2 Å². The molecule has 0 amide bonds. The van der Waals surface area contributed by atoms with Gasteiger partial charge in [0.2, 0.25) is 10.0 Å². The van der Waals surface area contributed by atoms with Crippen LogP contribution in [0.1, 0.15) is 32.3 Å². The minimum Gasteiger partial charge on any atom is -0.329 e. The molecule has 4 nitrogen and oxygen atoms in total. The molecule has 1 aromatic carbocycles. The number of halogens is 2. The molecule has 3 N–H and O–H groups in total. The SMILES string of the molecule is CCC(CC)(CN)NS(=O)(=O)c1ccc(C)c(Br)c1.Cl. The molecule has 7 heteroatoms. The lowest BCUT2D eigenvalue weighted by Crippen LogP contribution is -2.52. The second kappa shape index (κ2) is 7.75. The zero-order valence-electron chi connectivity index (χ0n) is 11.9. The Balaban J connectivity index is 0.00000361. The lowest BCUT2D eigenvalue weighted by atomic mass is 9.95. The van der Waals surface area contributed by atoms with Gasteiger partial charge in [-0.25, -0.2) is 13.1 Å². The van der Waals surface area contributed by atoms with E-state index >= 15 is 0 Å². The fourth-order valence-corrected chi connectivity index (χ4v) is 3.92. The third kappa shape index (κ3) is 4.43. The van der Waals surface area contributed by atoms with Gasteiger partial charge in [0.25, 0.3) is 0 Å². The first-order valence-electron chi connectivity index (χ1n) is 6.30. The maximum absolute atomic E-state index is 12.4. The van der Waals surface area contributed by atoms with Gasteiger partial charge in [-0.2, -0.15) is 0 Å². The van der Waals surface area contributed by atoms with Crippen LogP contribution in [-0.2, 0) is 10.0 Å². The molecule has 1 aromatic rings. The Kier molecular flexibility index (Phi) is 7.70. The van der Waals surface area contributed by atoms with E-state index in [1.165, 1.54) is 0 Å². The molecule has 0 aliphatic rings. The zero-order valence-corrected chi connectivity index (χ0v) is 15.2. The lowest BCUT2D eigenvalue weighted by molar-refractivity contribution is 0.363. The van der Waals surface area contributed by atoms with Crippen molar-refractivity contribution < 1.29 is 8.42 Å². The van der Waals surface area contributed by atoms with Crippen molar-refractivity contribution in [3.8, 4) is 0 Å². The summed E-state index contributed by atoms with van der Waals surface area (Å²) >= 11 is 3.35. The van der Waals surface area contributed by atoms with Crippen molar-refractivity contribution in [2.24, 2.45) is 5.73 Å². The van der Waals surface area contributed by atoms with Crippen LogP contribution < -0.4 is 10.5 Å². The second-order valence-corrected chi connectivity index (χ2v) is 7.24. The highest BCUT2D eigenvalue weighted by Crippen LogP contribution is 2.23. The smallest absolute Gasteiger partial charge is 0.241 e. The summed E-state index contributed by atoms with van der Waals surface area (Å²) in [5.74, 6) is 0. The summed E-state index contributed by atoms with van der Waals surface area (Å²) < 4.78 is 28.3. The van der Waals surface area contributed by atoms with Crippen LogP contribution in [0.15, 0.2) is 27.6 Å². The Morgan fingerprint density at radius 2 is 1.85 bits per heavy atom. The Hall–Kier alpha value is -0.140. The number of rotatable bonds is 6. The molecule has 20 heavy (non-hydrogen) atoms. The van der Waals surface area contributed by atoms with Crippen molar-refractivity contribution in [3.05, 3.63) is 28.2 Å². The average molecular weight is 386 g/mol. The largest absolute Gasteiger partial charge is 0.329 e. The molecule has 0 atom stereocenters. The summed E-state index contributed by atoms with van der Waals surface area (Å²) in [6.45, 7) is 6.07. The van der Waals surface area contributed by atoms with E-state index in [1.807, 2.05) is 20.8 Å². The highest BCUT2D eigenvalue weighted by atomic mass is 79.9. The van der Waals surface area contributed by atoms with Gasteiger partial charge in [-0.1, -0.05) is 35.8 Å². The van der Waals surface area contributed by atoms with Gasteiger partial charge < -0.3 is 5.73 Å². The van der Waals surface area contributed by atoms with E-state index in [-0.39, 0.29) is 23.8 Å². The van der Waals surface area contributed by atoms with Crippen LogP contribution in [0.4, 0.5) is 0 Å². The highest BCUT2D eigenvalue weighted by molar-refractivity contribution is 9.10. The summed E-state index contributed by atoms with van der Waals surface area (Å²) in [4.78, 5) is 0.254. The molecule has 1 rings (SSSR count). The number of benzene rings is 1. The van der Waals surface area contributed by atoms with Gasteiger partial charge in [0.1, 0.15) is 0 Å². The summed E-state index contributed by atoms with van der Waals surface area (Å²) in [6, 6.07) is 5.00. The van der Waals surface area contributed by atoms with Gasteiger partial charge in [-0.3, -0.25) is 0 Å². The van der Waals surface area contributed by atoms with Crippen molar-refractivity contribution in [2.45, 2.75) is 44.0 Å². The van der Waals surface area contributed by atoms with E-state index in [0.29, 0.717) is 12.8 Å². The molecule has 116 valence electrons. The van der Waals surface area contributed by atoms with E-state index in [2.05, 4.69) is 20.7 Å². The summed E-state index contributed by atoms with van der Waals surface area (Å²) in [5.41, 5.74) is 6.15. The van der Waals surface area contributed by atoms with Crippen LogP contribution >= 0.6 is 28.3 Å². The molecule has 0 unspecified atom stereocenters. The minimum atomic E-state index is -3.55. The Bertz CT molecular complexity index is 537. The standard InChI is InChI=1S/C13H21BrN2O2S.ClH/c1-4-13(5-2,9-15)16-19(17,18)11-7-6-10(3)12(14)8-11;/h6-8,16H,4-5,9,15H2,1-3H3;1H. The zero-order chi connectivity index (χ0) is 14.7.